The summed E-state index contributed by atoms with van der Waals surface area (Å²) in [5, 5.41) is 5.58. The first kappa shape index (κ1) is 23.8. The fourth-order valence-electron chi connectivity index (χ4n) is 3.50. The number of thioether (sulfide) groups is 1. The number of carbonyl (C=O) groups is 1. The summed E-state index contributed by atoms with van der Waals surface area (Å²) in [4.78, 5) is 31.7. The van der Waals surface area contributed by atoms with Crippen LogP contribution in [0.15, 0.2) is 82.6 Å². The number of hydrogen-bond acceptors (Lipinski definition) is 6. The van der Waals surface area contributed by atoms with Crippen molar-refractivity contribution >= 4 is 39.2 Å². The lowest BCUT2D eigenvalue weighted by molar-refractivity contribution is -0.120. The van der Waals surface area contributed by atoms with Crippen LogP contribution >= 0.6 is 23.1 Å². The summed E-state index contributed by atoms with van der Waals surface area (Å²) < 4.78 is 6.76. The van der Waals surface area contributed by atoms with Gasteiger partial charge in [0, 0.05) is 24.0 Å². The Balaban J connectivity index is 1.56. The quantitative estimate of drug-likeness (QED) is 0.200. The van der Waals surface area contributed by atoms with Gasteiger partial charge < -0.3 is 10.1 Å². The first-order chi connectivity index (χ1) is 16.5. The maximum Gasteiger partial charge on any atom is 0.263 e. The lowest BCUT2D eigenvalue weighted by Gasteiger charge is -2.15. The number of ether oxygens (including phenoxy) is 1. The zero-order chi connectivity index (χ0) is 24.1. The lowest BCUT2D eigenvalue weighted by Crippen LogP contribution is -2.31. The van der Waals surface area contributed by atoms with Gasteiger partial charge in [-0.2, -0.15) is 0 Å². The molecule has 174 valence electrons. The molecule has 0 radical (unpaired) electrons. The van der Waals surface area contributed by atoms with Crippen LogP contribution in [-0.2, 0) is 17.9 Å². The Morgan fingerprint density at radius 1 is 1.24 bits per heavy atom. The van der Waals surface area contributed by atoms with Gasteiger partial charge in [0.15, 0.2) is 5.16 Å². The SMILES string of the molecule is C=CCn1c(SC(C)C(=O)NCc2ccc(OC)cc2)nc2scc(-c3ccccc3)c2c1=O. The number of aromatic nitrogens is 2. The minimum absolute atomic E-state index is 0.127. The van der Waals surface area contributed by atoms with Crippen LogP contribution in [0.5, 0.6) is 5.75 Å². The minimum atomic E-state index is -0.438. The van der Waals surface area contributed by atoms with Crippen LogP contribution in [-0.4, -0.2) is 27.8 Å². The van der Waals surface area contributed by atoms with Crippen LogP contribution in [0.1, 0.15) is 12.5 Å². The average molecular weight is 492 g/mol. The molecule has 0 spiro atoms. The van der Waals surface area contributed by atoms with E-state index in [1.165, 1.54) is 23.1 Å². The number of rotatable bonds is 9. The molecule has 1 N–H and O–H groups in total. The van der Waals surface area contributed by atoms with Gasteiger partial charge in [-0.05, 0) is 30.2 Å². The van der Waals surface area contributed by atoms with E-state index in [1.54, 1.807) is 17.8 Å². The molecule has 4 rings (SSSR count). The van der Waals surface area contributed by atoms with Crippen molar-refractivity contribution in [2.24, 2.45) is 0 Å². The van der Waals surface area contributed by atoms with Gasteiger partial charge in [0.2, 0.25) is 5.91 Å². The van der Waals surface area contributed by atoms with Crippen LogP contribution < -0.4 is 15.6 Å². The molecular weight excluding hydrogens is 466 g/mol. The number of benzene rings is 2. The van der Waals surface area contributed by atoms with Crippen molar-refractivity contribution in [2.45, 2.75) is 30.4 Å². The van der Waals surface area contributed by atoms with E-state index in [1.807, 2.05) is 66.9 Å². The third kappa shape index (κ3) is 5.08. The molecule has 0 saturated heterocycles. The Bertz CT molecular complexity index is 1360. The molecule has 34 heavy (non-hydrogen) atoms. The van der Waals surface area contributed by atoms with Crippen LogP contribution in [0.4, 0.5) is 0 Å². The normalized spacial score (nSPS) is 11.8. The molecule has 8 heteroatoms. The van der Waals surface area contributed by atoms with Gasteiger partial charge in [-0.15, -0.1) is 17.9 Å². The van der Waals surface area contributed by atoms with Crippen molar-refractivity contribution in [3.8, 4) is 16.9 Å². The lowest BCUT2D eigenvalue weighted by atomic mass is 10.1. The Kier molecular flexibility index (Phi) is 7.49. The molecular formula is C26H25N3O3S2. The smallest absolute Gasteiger partial charge is 0.263 e. The highest BCUT2D eigenvalue weighted by molar-refractivity contribution is 8.00. The fraction of sp³-hybridized carbons (Fsp3) is 0.192. The second-order valence-electron chi connectivity index (χ2n) is 7.62. The molecule has 0 saturated carbocycles. The summed E-state index contributed by atoms with van der Waals surface area (Å²) in [5.74, 6) is 0.640. The van der Waals surface area contributed by atoms with E-state index in [9.17, 15) is 9.59 Å². The van der Waals surface area contributed by atoms with Gasteiger partial charge in [0.05, 0.1) is 17.7 Å². The molecule has 2 aromatic carbocycles. The Labute approximate surface area is 206 Å². The third-order valence-electron chi connectivity index (χ3n) is 5.33. The summed E-state index contributed by atoms with van der Waals surface area (Å²) in [6.07, 6.45) is 1.67. The maximum absolute atomic E-state index is 13.5. The summed E-state index contributed by atoms with van der Waals surface area (Å²) in [7, 11) is 1.62. The number of thiophene rings is 1. The number of fused-ring (bicyclic) bond motifs is 1. The largest absolute Gasteiger partial charge is 0.497 e. The standard InChI is InChI=1S/C26H25N3O3S2/c1-4-14-29-25(31)22-21(19-8-6-5-7-9-19)16-33-24(22)28-26(29)34-17(2)23(30)27-15-18-10-12-20(32-3)13-11-18/h4-13,16-17H,1,14-15H2,2-3H3,(H,27,30). The highest BCUT2D eigenvalue weighted by Gasteiger charge is 2.21. The van der Waals surface area contributed by atoms with Crippen LogP contribution in [0.3, 0.4) is 0 Å². The number of methoxy groups -OCH3 is 1. The molecule has 2 aromatic heterocycles. The summed E-state index contributed by atoms with van der Waals surface area (Å²) in [6, 6.07) is 17.4. The zero-order valence-electron chi connectivity index (χ0n) is 19.0. The number of amides is 1. The topological polar surface area (TPSA) is 73.2 Å². The molecule has 2 heterocycles. The highest BCUT2D eigenvalue weighted by Crippen LogP contribution is 2.32. The molecule has 1 atom stereocenters. The number of nitrogens with one attached hydrogen (secondary N) is 1. The number of nitrogens with zero attached hydrogens (tertiary/aromatic N) is 2. The van der Waals surface area contributed by atoms with Crippen LogP contribution in [0, 0.1) is 0 Å². The van der Waals surface area contributed by atoms with E-state index in [-0.39, 0.29) is 11.5 Å². The first-order valence-corrected chi connectivity index (χ1v) is 12.5. The molecule has 6 nitrogen and oxygen atoms in total. The molecule has 0 aliphatic carbocycles. The van der Waals surface area contributed by atoms with E-state index in [0.717, 1.165) is 22.4 Å². The van der Waals surface area contributed by atoms with Crippen molar-refractivity contribution in [3.63, 3.8) is 0 Å². The molecule has 0 aliphatic heterocycles. The Hall–Kier alpha value is -3.36. The molecule has 1 unspecified atom stereocenters. The second kappa shape index (κ2) is 10.7. The van der Waals surface area contributed by atoms with Crippen LogP contribution in [0.2, 0.25) is 0 Å². The van der Waals surface area contributed by atoms with Gasteiger partial charge >= 0.3 is 0 Å². The monoisotopic (exact) mass is 491 g/mol. The van der Waals surface area contributed by atoms with E-state index in [0.29, 0.717) is 28.5 Å². The van der Waals surface area contributed by atoms with E-state index < -0.39 is 5.25 Å². The highest BCUT2D eigenvalue weighted by atomic mass is 32.2. The third-order valence-corrected chi connectivity index (χ3v) is 7.29. The zero-order valence-corrected chi connectivity index (χ0v) is 20.6. The molecule has 1 amide bonds. The van der Waals surface area contributed by atoms with Crippen molar-refractivity contribution in [1.82, 2.24) is 14.9 Å². The van der Waals surface area contributed by atoms with Gasteiger partial charge in [-0.1, -0.05) is 60.3 Å². The second-order valence-corrected chi connectivity index (χ2v) is 9.79. The van der Waals surface area contributed by atoms with Gasteiger partial charge in [0.1, 0.15) is 10.6 Å². The van der Waals surface area contributed by atoms with Gasteiger partial charge in [0.25, 0.3) is 5.56 Å². The minimum Gasteiger partial charge on any atom is -0.497 e. The summed E-state index contributed by atoms with van der Waals surface area (Å²) >= 11 is 2.71. The number of carbonyl (C=O) groups excluding carboxylic acids is 1. The maximum atomic E-state index is 13.5. The summed E-state index contributed by atoms with van der Waals surface area (Å²) in [6.45, 7) is 6.33. The van der Waals surface area contributed by atoms with E-state index >= 15 is 0 Å². The predicted octanol–water partition coefficient (Wildman–Crippen LogP) is 5.12. The predicted molar refractivity (Wildman–Crippen MR) is 140 cm³/mol. The molecule has 0 bridgehead atoms. The van der Waals surface area contributed by atoms with Crippen molar-refractivity contribution < 1.29 is 9.53 Å². The van der Waals surface area contributed by atoms with Crippen molar-refractivity contribution in [3.05, 3.63) is 88.5 Å². The number of hydrogen-bond donors (Lipinski definition) is 1. The van der Waals surface area contributed by atoms with Gasteiger partial charge in [-0.25, -0.2) is 4.98 Å². The van der Waals surface area contributed by atoms with Crippen LogP contribution in [0.25, 0.3) is 21.3 Å². The number of allylic oxidation sites excluding steroid dienone is 1. The summed E-state index contributed by atoms with van der Waals surface area (Å²) in [5.41, 5.74) is 2.70. The molecule has 0 fully saturated rings. The van der Waals surface area contributed by atoms with Crippen molar-refractivity contribution in [1.29, 1.82) is 0 Å². The fourth-order valence-corrected chi connectivity index (χ4v) is 5.43. The van der Waals surface area contributed by atoms with Crippen molar-refractivity contribution in [2.75, 3.05) is 7.11 Å². The Morgan fingerprint density at radius 2 is 1.97 bits per heavy atom. The van der Waals surface area contributed by atoms with E-state index in [4.69, 9.17) is 9.72 Å². The molecule has 4 aromatic rings. The molecule has 0 aliphatic rings. The first-order valence-electron chi connectivity index (χ1n) is 10.8. The Morgan fingerprint density at radius 3 is 2.65 bits per heavy atom. The van der Waals surface area contributed by atoms with E-state index in [2.05, 4.69) is 11.9 Å². The van der Waals surface area contributed by atoms with Gasteiger partial charge in [-0.3, -0.25) is 14.2 Å². The average Bonchev–Trinajstić information content (AvgIpc) is 3.29.